The van der Waals surface area contributed by atoms with Crippen LogP contribution >= 0.6 is 23.3 Å². The average molecular weight is 888 g/mol. The van der Waals surface area contributed by atoms with Crippen LogP contribution in [-0.2, 0) is 38.5 Å². The van der Waals surface area contributed by atoms with Gasteiger partial charge < -0.3 is 29.2 Å². The molecule has 61 heavy (non-hydrogen) atoms. The molecule has 1 atom stereocenters. The minimum atomic E-state index is -1.59. The Bertz CT molecular complexity index is 2140. The van der Waals surface area contributed by atoms with Crippen molar-refractivity contribution in [1.29, 1.82) is 0 Å². The van der Waals surface area contributed by atoms with E-state index in [4.69, 9.17) is 9.47 Å². The minimum absolute atomic E-state index is 0.0571. The number of ether oxygens (including phenoxy) is 2. The van der Waals surface area contributed by atoms with E-state index in [1.165, 1.54) is 18.1 Å². The molecule has 0 spiro atoms. The molecule has 1 aromatic heterocycles. The molecule has 3 heterocycles. The van der Waals surface area contributed by atoms with Gasteiger partial charge in [0.2, 0.25) is 11.8 Å². The van der Waals surface area contributed by atoms with Gasteiger partial charge in [-0.2, -0.15) is 0 Å². The van der Waals surface area contributed by atoms with Crippen molar-refractivity contribution in [3.8, 4) is 17.0 Å². The van der Waals surface area contributed by atoms with Gasteiger partial charge in [-0.25, -0.2) is 4.21 Å². The largest absolute Gasteiger partial charge is 0.489 e. The van der Waals surface area contributed by atoms with Crippen LogP contribution in [0, 0.1) is 0 Å². The number of nitrogens with zero attached hydrogens (tertiary/aromatic N) is 3. The Morgan fingerprint density at radius 2 is 1.67 bits per heavy atom. The Hall–Kier alpha value is -4.50. The molecule has 3 aliphatic rings. The molecular weight excluding hydrogens is 827 g/mol. The van der Waals surface area contributed by atoms with Crippen molar-refractivity contribution >= 4 is 74.3 Å². The molecule has 3 aromatic carbocycles. The predicted octanol–water partition coefficient (Wildman–Crippen LogP) is 8.96. The Labute approximate surface area is 374 Å². The second kappa shape index (κ2) is 24.2. The molecule has 11 nitrogen and oxygen atoms in total. The summed E-state index contributed by atoms with van der Waals surface area (Å²) in [5.41, 5.74) is 7.21. The normalized spacial score (nSPS) is 15.8. The zero-order valence-electron chi connectivity index (χ0n) is 35.5. The average Bonchev–Trinajstić information content (AvgIpc) is 3.88. The van der Waals surface area contributed by atoms with Crippen molar-refractivity contribution < 1.29 is 28.1 Å². The Morgan fingerprint density at radius 3 is 2.34 bits per heavy atom. The summed E-state index contributed by atoms with van der Waals surface area (Å²) in [6.45, 7) is 15.9. The van der Waals surface area contributed by atoms with E-state index in [1.807, 2.05) is 53.6 Å². The third kappa shape index (κ3) is 12.1. The van der Waals surface area contributed by atoms with Crippen LogP contribution in [0.1, 0.15) is 92.6 Å². The highest BCUT2D eigenvalue weighted by molar-refractivity contribution is 8.59. The number of nitrogens with one attached hydrogen (secondary N) is 2. The first-order valence-electron chi connectivity index (χ1n) is 21.4. The van der Waals surface area contributed by atoms with Gasteiger partial charge in [-0.05, 0) is 97.3 Å². The molecule has 1 aliphatic carbocycles. The molecule has 1 saturated carbocycles. The summed E-state index contributed by atoms with van der Waals surface area (Å²) in [6, 6.07) is 19.9. The molecular formula is C47H61N5O6S3. The fraction of sp³-hybridized carbons (Fsp3) is 0.426. The highest BCUT2D eigenvalue weighted by Crippen LogP contribution is 2.45. The number of thiol groups is 2. The molecule has 0 radical (unpaired) electrons. The van der Waals surface area contributed by atoms with E-state index in [1.54, 1.807) is 12.1 Å². The Balaban J connectivity index is 0.00000171. The van der Waals surface area contributed by atoms with Crippen LogP contribution < -0.4 is 24.6 Å². The topological polar surface area (TPSA) is 122 Å². The number of hydrogen-bond donors (Lipinski definition) is 4. The molecule has 2 aliphatic heterocycles. The van der Waals surface area contributed by atoms with Crippen molar-refractivity contribution in [3.05, 3.63) is 103 Å². The molecule has 0 bridgehead atoms. The molecule has 328 valence electrons. The van der Waals surface area contributed by atoms with Gasteiger partial charge in [0, 0.05) is 60.5 Å². The maximum absolute atomic E-state index is 13.5. The summed E-state index contributed by atoms with van der Waals surface area (Å²) in [7, 11) is -1.59. The number of morpholine rings is 1. The Kier molecular flexibility index (Phi) is 18.9. The minimum Gasteiger partial charge on any atom is -0.489 e. The standard InChI is InChI=1S/C45H53N5O6S.C2H6.H2S2/c1-3-5-21-46-41(51)30-50-40-29-34(45(53)47-57(54)27-4-2)15-19-38(40)43(32-10-7-6-8-11-32)44(50)33-13-17-37(18-14-33)56-31-35-28-36(49-22-9-12-42(49)52)16-20-39(35)48-23-25-55-26-24-48;2*1-2/h3-4,13-20,28-29,32H,1-2,5-12,21-27,30-31H2,(H,46,51)(H,47,53);1-2H3;1-2H. The number of hydrogen-bond acceptors (Lipinski definition) is 9. The van der Waals surface area contributed by atoms with Crippen LogP contribution in [0.5, 0.6) is 5.75 Å². The lowest BCUT2D eigenvalue weighted by Crippen LogP contribution is -2.37. The fourth-order valence-electron chi connectivity index (χ4n) is 8.38. The summed E-state index contributed by atoms with van der Waals surface area (Å²) < 4.78 is 29.1. The van der Waals surface area contributed by atoms with Crippen LogP contribution in [0.2, 0.25) is 0 Å². The Morgan fingerprint density at radius 1 is 0.934 bits per heavy atom. The predicted molar refractivity (Wildman–Crippen MR) is 256 cm³/mol. The van der Waals surface area contributed by atoms with E-state index in [0.29, 0.717) is 50.5 Å². The van der Waals surface area contributed by atoms with Crippen LogP contribution in [0.3, 0.4) is 0 Å². The van der Waals surface area contributed by atoms with E-state index in [9.17, 15) is 18.6 Å². The molecule has 2 saturated heterocycles. The van der Waals surface area contributed by atoms with Crippen molar-refractivity contribution in [3.63, 3.8) is 0 Å². The number of rotatable bonds is 16. The van der Waals surface area contributed by atoms with Crippen LogP contribution in [0.4, 0.5) is 11.4 Å². The highest BCUT2D eigenvalue weighted by Gasteiger charge is 2.29. The second-order valence-corrected chi connectivity index (χ2v) is 16.2. The monoisotopic (exact) mass is 887 g/mol. The smallest absolute Gasteiger partial charge is 0.263 e. The van der Waals surface area contributed by atoms with Crippen LogP contribution in [0.15, 0.2) is 86.0 Å². The summed E-state index contributed by atoms with van der Waals surface area (Å²) in [5.74, 6) is 0.690. The van der Waals surface area contributed by atoms with Gasteiger partial charge in [-0.15, -0.1) is 36.5 Å². The van der Waals surface area contributed by atoms with Crippen molar-refractivity contribution in [2.24, 2.45) is 0 Å². The van der Waals surface area contributed by atoms with Crippen LogP contribution in [0.25, 0.3) is 22.2 Å². The van der Waals surface area contributed by atoms with Gasteiger partial charge in [0.25, 0.3) is 5.91 Å². The molecule has 2 N–H and O–H groups in total. The number of benzene rings is 3. The third-order valence-corrected chi connectivity index (χ3v) is 12.1. The second-order valence-electron chi connectivity index (χ2n) is 14.9. The number of amides is 3. The van der Waals surface area contributed by atoms with E-state index in [0.717, 1.165) is 90.8 Å². The molecule has 3 fully saturated rings. The lowest BCUT2D eigenvalue weighted by Gasteiger charge is -2.31. The number of carbonyl (C=O) groups is 3. The summed E-state index contributed by atoms with van der Waals surface area (Å²) in [6.07, 6.45) is 10.9. The molecule has 7 rings (SSSR count). The first kappa shape index (κ1) is 47.5. The van der Waals surface area contributed by atoms with Gasteiger partial charge in [-0.1, -0.05) is 51.3 Å². The quantitative estimate of drug-likeness (QED) is 0.0384. The molecule has 3 amide bonds. The van der Waals surface area contributed by atoms with Gasteiger partial charge in [0.05, 0.1) is 30.2 Å². The van der Waals surface area contributed by atoms with Crippen molar-refractivity contribution in [1.82, 2.24) is 14.6 Å². The van der Waals surface area contributed by atoms with Gasteiger partial charge in [0.1, 0.15) is 29.9 Å². The molecule has 4 aromatic rings. The first-order chi connectivity index (χ1) is 29.8. The fourth-order valence-corrected chi connectivity index (χ4v) is 9.00. The SMILES string of the molecule is C=CCCNC(=O)Cn1c(-c2ccc(OCc3cc(N4CCCC4=O)ccc3N3CCOCC3)cc2)c(C2CCCCC2)c2ccc(C(=O)NS(=O)CC=C)cc21.CC.SS. The van der Waals surface area contributed by atoms with Gasteiger partial charge in [0.15, 0.2) is 0 Å². The van der Waals surface area contributed by atoms with Crippen LogP contribution in [-0.4, -0.2) is 71.6 Å². The zero-order valence-corrected chi connectivity index (χ0v) is 38.1. The maximum Gasteiger partial charge on any atom is 0.263 e. The highest BCUT2D eigenvalue weighted by atomic mass is 33.1. The lowest BCUT2D eigenvalue weighted by atomic mass is 9.81. The zero-order chi connectivity index (χ0) is 43.7. The van der Waals surface area contributed by atoms with Crippen molar-refractivity contribution in [2.75, 3.05) is 54.9 Å². The van der Waals surface area contributed by atoms with E-state index in [-0.39, 0.29) is 30.0 Å². The van der Waals surface area contributed by atoms with E-state index >= 15 is 0 Å². The summed E-state index contributed by atoms with van der Waals surface area (Å²) >= 11 is 6.44. The van der Waals surface area contributed by atoms with Crippen molar-refractivity contribution in [2.45, 2.75) is 84.3 Å². The number of carbonyl (C=O) groups excluding carboxylic acids is 3. The molecule has 1 unspecified atom stereocenters. The maximum atomic E-state index is 13.5. The first-order valence-corrected chi connectivity index (χ1v) is 24.3. The van der Waals surface area contributed by atoms with Gasteiger partial charge >= 0.3 is 0 Å². The number of fused-ring (bicyclic) bond motifs is 1. The van der Waals surface area contributed by atoms with E-state index in [2.05, 4.69) is 75.7 Å². The summed E-state index contributed by atoms with van der Waals surface area (Å²) in [4.78, 5) is 43.6. The number of anilines is 2. The molecule has 14 heteroatoms. The number of aromatic nitrogens is 1. The van der Waals surface area contributed by atoms with E-state index < -0.39 is 16.9 Å². The third-order valence-electron chi connectivity index (χ3n) is 11.1. The lowest BCUT2D eigenvalue weighted by molar-refractivity contribution is -0.121. The van der Waals surface area contributed by atoms with Gasteiger partial charge in [-0.3, -0.25) is 19.1 Å². The summed E-state index contributed by atoms with van der Waals surface area (Å²) in [5, 5.41) is 4.03.